The number of hydrogen-bond acceptors (Lipinski definition) is 2. The number of hydrogen-bond donors (Lipinski definition) is 0. The van der Waals surface area contributed by atoms with Crippen LogP contribution in [-0.4, -0.2) is 37.3 Å². The van der Waals surface area contributed by atoms with Crippen LogP contribution in [0.3, 0.4) is 0 Å². The average molecular weight is 498 g/mol. The van der Waals surface area contributed by atoms with Gasteiger partial charge in [0.1, 0.15) is 0 Å². The number of carbonyl (C=O) groups excluding carboxylic acids is 1. The van der Waals surface area contributed by atoms with Crippen LogP contribution in [0.4, 0.5) is 0 Å². The molecule has 0 amide bonds. The van der Waals surface area contributed by atoms with Gasteiger partial charge in [-0.05, 0) is 12.8 Å². The van der Waals surface area contributed by atoms with E-state index in [-0.39, 0.29) is 36.2 Å². The number of rotatable bonds is 18. The van der Waals surface area contributed by atoms with E-state index in [9.17, 15) is 4.79 Å². The van der Waals surface area contributed by atoms with Crippen molar-refractivity contribution in [1.82, 2.24) is 0 Å². The molecule has 1 atom stereocenters. The highest BCUT2D eigenvalue weighted by atomic mass is 127. The fourth-order valence-electron chi connectivity index (χ4n) is 3.57. The van der Waals surface area contributed by atoms with Crippen molar-refractivity contribution in [2.75, 3.05) is 20.6 Å². The summed E-state index contributed by atoms with van der Waals surface area (Å²) in [5.41, 5.74) is 0. The van der Waals surface area contributed by atoms with E-state index in [1.54, 1.807) is 0 Å². The van der Waals surface area contributed by atoms with Gasteiger partial charge in [-0.1, -0.05) is 91.4 Å². The zero-order chi connectivity index (χ0) is 19.7. The molecule has 27 heavy (non-hydrogen) atoms. The molecule has 0 aromatic rings. The number of quaternary nitrogens is 1. The molecule has 0 aliphatic heterocycles. The van der Waals surface area contributed by atoms with Crippen LogP contribution >= 0.6 is 0 Å². The highest BCUT2D eigenvalue weighted by molar-refractivity contribution is 5.69. The van der Waals surface area contributed by atoms with Crippen molar-refractivity contribution < 1.29 is 38.0 Å². The molecule has 0 N–H and O–H groups in total. The Balaban J connectivity index is 0. The Hall–Kier alpha value is 0.160. The summed E-state index contributed by atoms with van der Waals surface area (Å²) in [6, 6.07) is 0. The minimum absolute atomic E-state index is 0. The molecule has 0 saturated carbocycles. The van der Waals surface area contributed by atoms with Crippen molar-refractivity contribution in [3.05, 3.63) is 0 Å². The molecule has 0 heterocycles. The minimum atomic E-state index is -0.00419. The maximum atomic E-state index is 12.2. The van der Waals surface area contributed by atoms with E-state index < -0.39 is 0 Å². The third kappa shape index (κ3) is 16.8. The highest BCUT2D eigenvalue weighted by Gasteiger charge is 2.29. The van der Waals surface area contributed by atoms with E-state index in [1.165, 1.54) is 70.6 Å². The van der Waals surface area contributed by atoms with Gasteiger partial charge in [0.05, 0.1) is 20.6 Å². The zero-order valence-corrected chi connectivity index (χ0v) is 21.2. The summed E-state index contributed by atoms with van der Waals surface area (Å²) in [5.74, 6) is -0.00419. The molecule has 0 radical (unpaired) electrons. The van der Waals surface area contributed by atoms with Gasteiger partial charge in [-0.25, -0.2) is 0 Å². The second-order valence-corrected chi connectivity index (χ2v) is 8.49. The molecule has 0 spiro atoms. The first-order valence-corrected chi connectivity index (χ1v) is 11.5. The molecule has 0 aliphatic carbocycles. The van der Waals surface area contributed by atoms with Gasteiger partial charge in [0, 0.05) is 12.8 Å². The van der Waals surface area contributed by atoms with Gasteiger partial charge in [0.25, 0.3) is 0 Å². The minimum Gasteiger partial charge on any atom is -1.00 e. The Morgan fingerprint density at radius 3 is 1.63 bits per heavy atom. The van der Waals surface area contributed by atoms with Crippen molar-refractivity contribution in [3.8, 4) is 0 Å². The normalized spacial score (nSPS) is 12.5. The first-order chi connectivity index (χ1) is 12.5. The molecule has 0 fully saturated rings. The number of esters is 1. The Morgan fingerprint density at radius 2 is 1.19 bits per heavy atom. The molecule has 0 rings (SSSR count). The van der Waals surface area contributed by atoms with Crippen LogP contribution in [0.15, 0.2) is 0 Å². The van der Waals surface area contributed by atoms with Crippen LogP contribution in [-0.2, 0) is 9.53 Å². The van der Waals surface area contributed by atoms with Crippen LogP contribution in [0.25, 0.3) is 0 Å². The number of nitrogens with zero attached hydrogens (tertiary/aromatic N) is 1. The molecule has 0 aromatic heterocycles. The van der Waals surface area contributed by atoms with Crippen molar-refractivity contribution in [2.45, 2.75) is 123 Å². The van der Waals surface area contributed by atoms with Gasteiger partial charge in [-0.2, -0.15) is 0 Å². The predicted molar refractivity (Wildman–Crippen MR) is 113 cm³/mol. The van der Waals surface area contributed by atoms with Crippen molar-refractivity contribution in [2.24, 2.45) is 0 Å². The standard InChI is InChI=1S/C23H48NO2.HI/c1-6-9-11-12-13-14-15-16-17-18-19-20-23(25)26-22(8-3)24(4,5)21-10-7-2;/h22H,6-21H2,1-5H3;1H/q+1;/p-1. The van der Waals surface area contributed by atoms with Crippen LogP contribution in [0.2, 0.25) is 0 Å². The van der Waals surface area contributed by atoms with Gasteiger partial charge >= 0.3 is 5.97 Å². The molecule has 164 valence electrons. The second kappa shape index (κ2) is 19.5. The lowest BCUT2D eigenvalue weighted by atomic mass is 10.1. The summed E-state index contributed by atoms with van der Waals surface area (Å²) in [6.45, 7) is 7.66. The lowest BCUT2D eigenvalue weighted by Crippen LogP contribution is -3.00. The summed E-state index contributed by atoms with van der Waals surface area (Å²) in [6.07, 6.45) is 18.2. The first kappa shape index (κ1) is 29.4. The van der Waals surface area contributed by atoms with E-state index in [1.807, 2.05) is 0 Å². The van der Waals surface area contributed by atoms with Crippen LogP contribution in [0, 0.1) is 0 Å². The maximum absolute atomic E-state index is 12.2. The van der Waals surface area contributed by atoms with E-state index >= 15 is 0 Å². The van der Waals surface area contributed by atoms with Gasteiger partial charge in [0.15, 0.2) is 0 Å². The maximum Gasteiger partial charge on any atom is 0.310 e. The molecule has 0 bridgehead atoms. The first-order valence-electron chi connectivity index (χ1n) is 11.5. The molecule has 0 aromatic carbocycles. The third-order valence-corrected chi connectivity index (χ3v) is 5.47. The Kier molecular flexibility index (Phi) is 21.2. The Bertz CT molecular complexity index is 334. The van der Waals surface area contributed by atoms with Crippen LogP contribution < -0.4 is 24.0 Å². The summed E-state index contributed by atoms with van der Waals surface area (Å²) < 4.78 is 6.57. The number of ether oxygens (including phenoxy) is 1. The predicted octanol–water partition coefficient (Wildman–Crippen LogP) is 3.85. The van der Waals surface area contributed by atoms with Crippen LogP contribution in [0.5, 0.6) is 0 Å². The molecular weight excluding hydrogens is 449 g/mol. The Morgan fingerprint density at radius 1 is 0.741 bits per heavy atom. The largest absolute Gasteiger partial charge is 1.00 e. The number of carbonyl (C=O) groups is 1. The van der Waals surface area contributed by atoms with Crippen LogP contribution in [0.1, 0.15) is 117 Å². The monoisotopic (exact) mass is 497 g/mol. The van der Waals surface area contributed by atoms with Gasteiger partial charge in [-0.3, -0.25) is 9.28 Å². The van der Waals surface area contributed by atoms with E-state index in [0.717, 1.165) is 30.3 Å². The second-order valence-electron chi connectivity index (χ2n) is 8.49. The zero-order valence-electron chi connectivity index (χ0n) is 19.0. The lowest BCUT2D eigenvalue weighted by molar-refractivity contribution is -0.935. The fraction of sp³-hybridized carbons (Fsp3) is 0.957. The van der Waals surface area contributed by atoms with Gasteiger partial charge < -0.3 is 28.7 Å². The molecular formula is C23H48INO2. The molecule has 0 aliphatic rings. The summed E-state index contributed by atoms with van der Waals surface area (Å²) >= 11 is 0. The highest BCUT2D eigenvalue weighted by Crippen LogP contribution is 2.16. The molecule has 0 saturated heterocycles. The third-order valence-electron chi connectivity index (χ3n) is 5.47. The molecule has 1 unspecified atom stereocenters. The van der Waals surface area contributed by atoms with Gasteiger partial charge in [-0.15, -0.1) is 0 Å². The average Bonchev–Trinajstić information content (AvgIpc) is 2.62. The van der Waals surface area contributed by atoms with Crippen molar-refractivity contribution >= 4 is 5.97 Å². The molecule has 3 nitrogen and oxygen atoms in total. The SMILES string of the molecule is CCCCCCCCCCCCCC(=O)OC(CC)[N+](C)(C)CCCC.[I-]. The smallest absolute Gasteiger partial charge is 0.310 e. The van der Waals surface area contributed by atoms with Gasteiger partial charge in [0.2, 0.25) is 6.23 Å². The summed E-state index contributed by atoms with van der Waals surface area (Å²) in [4.78, 5) is 12.2. The van der Waals surface area contributed by atoms with E-state index in [2.05, 4.69) is 34.9 Å². The van der Waals surface area contributed by atoms with Crippen molar-refractivity contribution in [3.63, 3.8) is 0 Å². The summed E-state index contributed by atoms with van der Waals surface area (Å²) in [5, 5.41) is 0. The topological polar surface area (TPSA) is 26.3 Å². The lowest BCUT2D eigenvalue weighted by Gasteiger charge is -2.36. The number of unbranched alkanes of at least 4 members (excludes halogenated alkanes) is 11. The number of halogens is 1. The quantitative estimate of drug-likeness (QED) is 0.0946. The van der Waals surface area contributed by atoms with E-state index in [0.29, 0.717) is 6.42 Å². The fourth-order valence-corrected chi connectivity index (χ4v) is 3.57. The Labute approximate surface area is 187 Å². The summed E-state index contributed by atoms with van der Waals surface area (Å²) in [7, 11) is 4.36. The molecule has 4 heteroatoms. The van der Waals surface area contributed by atoms with E-state index in [4.69, 9.17) is 4.74 Å². The van der Waals surface area contributed by atoms with Crippen molar-refractivity contribution in [1.29, 1.82) is 0 Å².